The molecule has 0 saturated heterocycles. The molecule has 3 rings (SSSR count). The van der Waals surface area contributed by atoms with Crippen LogP contribution in [0, 0.1) is 12.3 Å². The predicted octanol–water partition coefficient (Wildman–Crippen LogP) is 2.65. The van der Waals surface area contributed by atoms with Crippen LogP contribution in [0.15, 0.2) is 59.5 Å². The van der Waals surface area contributed by atoms with Gasteiger partial charge in [-0.25, -0.2) is 8.42 Å². The van der Waals surface area contributed by atoms with E-state index in [2.05, 4.69) is 0 Å². The molecule has 0 unspecified atom stereocenters. The van der Waals surface area contributed by atoms with Crippen LogP contribution in [0.4, 0.5) is 0 Å². The molecule has 6 heteroatoms. The van der Waals surface area contributed by atoms with Crippen LogP contribution in [0.5, 0.6) is 0 Å². The Morgan fingerprint density at radius 1 is 1.12 bits per heavy atom. The van der Waals surface area contributed by atoms with Crippen LogP contribution in [0.25, 0.3) is 0 Å². The van der Waals surface area contributed by atoms with Crippen molar-refractivity contribution in [3.05, 3.63) is 65.7 Å². The highest BCUT2D eigenvalue weighted by Gasteiger charge is 2.76. The van der Waals surface area contributed by atoms with Crippen molar-refractivity contribution in [2.45, 2.75) is 23.0 Å². The second kappa shape index (κ2) is 6.28. The van der Waals surface area contributed by atoms with E-state index >= 15 is 0 Å². The Kier molecular flexibility index (Phi) is 4.43. The quantitative estimate of drug-likeness (QED) is 0.856. The molecule has 0 aromatic heterocycles. The summed E-state index contributed by atoms with van der Waals surface area (Å²) < 4.78 is 31.4. The Labute approximate surface area is 147 Å². The number of carboxylic acids is 1. The van der Waals surface area contributed by atoms with Gasteiger partial charge < -0.3 is 9.84 Å². The first kappa shape index (κ1) is 17.6. The fourth-order valence-electron chi connectivity index (χ4n) is 3.59. The summed E-state index contributed by atoms with van der Waals surface area (Å²) in [7, 11) is -2.42. The van der Waals surface area contributed by atoms with Crippen LogP contribution >= 0.6 is 0 Å². The lowest BCUT2D eigenvalue weighted by Crippen LogP contribution is -2.28. The molecule has 0 heterocycles. The first-order valence-electron chi connectivity index (χ1n) is 7.93. The molecule has 5 nitrogen and oxygen atoms in total. The van der Waals surface area contributed by atoms with E-state index in [-0.39, 0.29) is 11.5 Å². The molecular weight excluding hydrogens is 340 g/mol. The van der Waals surface area contributed by atoms with Crippen molar-refractivity contribution in [1.82, 2.24) is 0 Å². The number of benzene rings is 2. The number of hydrogen-bond donors (Lipinski definition) is 1. The fraction of sp³-hybridized carbons (Fsp3) is 0.316. The van der Waals surface area contributed by atoms with Crippen LogP contribution in [-0.2, 0) is 19.4 Å². The third kappa shape index (κ3) is 2.75. The first-order chi connectivity index (χ1) is 11.9. The van der Waals surface area contributed by atoms with Crippen molar-refractivity contribution in [2.24, 2.45) is 5.41 Å². The number of carbonyl (C=O) groups is 1. The van der Waals surface area contributed by atoms with E-state index in [9.17, 15) is 18.3 Å². The van der Waals surface area contributed by atoms with Crippen LogP contribution in [0.3, 0.4) is 0 Å². The van der Waals surface area contributed by atoms with Crippen LogP contribution in [0.2, 0.25) is 0 Å². The van der Waals surface area contributed by atoms with Gasteiger partial charge in [-0.05, 0) is 24.6 Å². The monoisotopic (exact) mass is 360 g/mol. The molecule has 1 fully saturated rings. The maximum absolute atomic E-state index is 13.1. The second-order valence-corrected chi connectivity index (χ2v) is 8.51. The van der Waals surface area contributed by atoms with Crippen molar-refractivity contribution < 1.29 is 23.1 Å². The van der Waals surface area contributed by atoms with Gasteiger partial charge in [0.1, 0.15) is 5.41 Å². The van der Waals surface area contributed by atoms with Gasteiger partial charge in [0.25, 0.3) is 0 Å². The molecule has 25 heavy (non-hydrogen) atoms. The summed E-state index contributed by atoms with van der Waals surface area (Å²) in [6.07, 6.45) is 0. The molecule has 0 spiro atoms. The summed E-state index contributed by atoms with van der Waals surface area (Å²) in [6.45, 7) is 1.77. The molecule has 1 saturated carbocycles. The number of ether oxygens (including phenoxy) is 1. The minimum atomic E-state index is -3.81. The molecular formula is C19H20O5S. The highest BCUT2D eigenvalue weighted by molar-refractivity contribution is 7.92. The van der Waals surface area contributed by atoms with Crippen molar-refractivity contribution in [3.8, 4) is 0 Å². The topological polar surface area (TPSA) is 80.7 Å². The van der Waals surface area contributed by atoms with Crippen molar-refractivity contribution in [3.63, 3.8) is 0 Å². The Bertz CT molecular complexity index is 874. The zero-order valence-corrected chi connectivity index (χ0v) is 14.9. The van der Waals surface area contributed by atoms with E-state index in [1.54, 1.807) is 30.3 Å². The highest BCUT2D eigenvalue weighted by Crippen LogP contribution is 2.64. The van der Waals surface area contributed by atoms with Gasteiger partial charge in [-0.2, -0.15) is 0 Å². The lowest BCUT2D eigenvalue weighted by atomic mass is 9.99. The summed E-state index contributed by atoms with van der Waals surface area (Å²) in [6, 6.07) is 15.3. The van der Waals surface area contributed by atoms with E-state index in [4.69, 9.17) is 4.74 Å². The Morgan fingerprint density at radius 2 is 1.72 bits per heavy atom. The van der Waals surface area contributed by atoms with Gasteiger partial charge in [-0.3, -0.25) is 4.79 Å². The molecule has 0 amide bonds. The molecule has 0 radical (unpaired) electrons. The average Bonchev–Trinajstić information content (AvgIpc) is 3.28. The fourth-order valence-corrected chi connectivity index (χ4v) is 5.97. The number of aryl methyl sites for hydroxylation is 1. The Morgan fingerprint density at radius 3 is 2.24 bits per heavy atom. The lowest BCUT2D eigenvalue weighted by Gasteiger charge is -2.12. The van der Waals surface area contributed by atoms with Gasteiger partial charge in [-0.15, -0.1) is 0 Å². The molecule has 1 N–H and O–H groups in total. The largest absolute Gasteiger partial charge is 0.481 e. The van der Waals surface area contributed by atoms with Gasteiger partial charge in [-0.1, -0.05) is 48.0 Å². The van der Waals surface area contributed by atoms with Crippen molar-refractivity contribution >= 4 is 15.8 Å². The maximum atomic E-state index is 13.1. The van der Waals surface area contributed by atoms with Crippen molar-refractivity contribution in [1.29, 1.82) is 0 Å². The predicted molar refractivity (Wildman–Crippen MR) is 93.3 cm³/mol. The molecule has 2 aromatic carbocycles. The van der Waals surface area contributed by atoms with Crippen molar-refractivity contribution in [2.75, 3.05) is 13.7 Å². The number of hydrogen-bond acceptors (Lipinski definition) is 4. The summed E-state index contributed by atoms with van der Waals surface area (Å²) in [5.74, 6) is -1.79. The standard InChI is InChI=1S/C19H20O5S/c1-13-8-10-14(11-9-13)16-17(19(16,12-24-2)18(20)21)25(22,23)15-6-4-3-5-7-15/h3-11,16-17H,12H2,1-2H3,(H,20,21)/t16-,17+,19+/m1/s1. The van der Waals surface area contributed by atoms with E-state index in [1.807, 2.05) is 19.1 Å². The van der Waals surface area contributed by atoms with E-state index in [0.29, 0.717) is 5.56 Å². The highest BCUT2D eigenvalue weighted by atomic mass is 32.2. The van der Waals surface area contributed by atoms with E-state index < -0.39 is 32.4 Å². The van der Waals surface area contributed by atoms with Gasteiger partial charge >= 0.3 is 5.97 Å². The zero-order chi connectivity index (χ0) is 18.2. The molecule has 0 aliphatic heterocycles. The van der Waals surface area contributed by atoms with Gasteiger partial charge in [0.15, 0.2) is 9.84 Å². The summed E-state index contributed by atoms with van der Waals surface area (Å²) in [5.41, 5.74) is 0.257. The van der Waals surface area contributed by atoms with Crippen LogP contribution < -0.4 is 0 Å². The Balaban J connectivity index is 2.12. The minimum Gasteiger partial charge on any atom is -0.481 e. The smallest absolute Gasteiger partial charge is 0.314 e. The summed E-state index contributed by atoms with van der Waals surface area (Å²) in [4.78, 5) is 12.2. The van der Waals surface area contributed by atoms with Gasteiger partial charge in [0, 0.05) is 13.0 Å². The minimum absolute atomic E-state index is 0.135. The third-order valence-electron chi connectivity index (χ3n) is 4.88. The van der Waals surface area contributed by atoms with E-state index in [0.717, 1.165) is 5.56 Å². The lowest BCUT2D eigenvalue weighted by molar-refractivity contribution is -0.145. The SMILES string of the molecule is COC[C@]1(C(=O)O)[C@H](c2ccc(C)cc2)[C@@H]1S(=O)(=O)c1ccccc1. The number of aliphatic carboxylic acids is 1. The Hall–Kier alpha value is -2.18. The second-order valence-electron chi connectivity index (χ2n) is 6.45. The van der Waals surface area contributed by atoms with Crippen LogP contribution in [-0.4, -0.2) is 38.5 Å². The first-order valence-corrected chi connectivity index (χ1v) is 9.48. The third-order valence-corrected chi connectivity index (χ3v) is 7.17. The van der Waals surface area contributed by atoms with E-state index in [1.165, 1.54) is 19.2 Å². The molecule has 1 aliphatic carbocycles. The van der Waals surface area contributed by atoms with Gasteiger partial charge in [0.2, 0.25) is 0 Å². The molecule has 132 valence electrons. The average molecular weight is 360 g/mol. The summed E-state index contributed by atoms with van der Waals surface area (Å²) >= 11 is 0. The van der Waals surface area contributed by atoms with Crippen LogP contribution in [0.1, 0.15) is 17.0 Å². The zero-order valence-electron chi connectivity index (χ0n) is 14.0. The number of methoxy groups -OCH3 is 1. The molecule has 1 aliphatic rings. The normalized spacial score (nSPS) is 25.5. The number of rotatable bonds is 6. The molecule has 2 aromatic rings. The van der Waals surface area contributed by atoms with Gasteiger partial charge in [0.05, 0.1) is 16.8 Å². The number of carboxylic acid groups (broad SMARTS) is 1. The molecule has 0 bridgehead atoms. The number of sulfone groups is 1. The summed E-state index contributed by atoms with van der Waals surface area (Å²) in [5, 5.41) is 8.80. The molecule has 3 atom stereocenters. The maximum Gasteiger partial charge on any atom is 0.314 e.